The maximum absolute atomic E-state index is 9.00. The Morgan fingerprint density at radius 2 is 2.14 bits per heavy atom. The lowest BCUT2D eigenvalue weighted by atomic mass is 10.1. The summed E-state index contributed by atoms with van der Waals surface area (Å²) in [5, 5.41) is 14.3. The number of fused-ring (bicyclic) bond motifs is 1. The molecule has 0 saturated heterocycles. The second-order valence-corrected chi connectivity index (χ2v) is 5.45. The first-order valence-corrected chi connectivity index (χ1v) is 7.02. The van der Waals surface area contributed by atoms with Crippen LogP contribution in [0, 0.1) is 18.3 Å². The van der Waals surface area contributed by atoms with Crippen molar-refractivity contribution in [2.75, 3.05) is 0 Å². The van der Waals surface area contributed by atoms with E-state index in [0.29, 0.717) is 27.8 Å². The topological polar surface area (TPSA) is 54.5 Å². The summed E-state index contributed by atoms with van der Waals surface area (Å²) in [7, 11) is 0. The molecule has 0 spiro atoms. The first-order valence-electron chi connectivity index (χ1n) is 6.26. The number of aromatic nitrogens is 3. The Labute approximate surface area is 131 Å². The molecule has 0 unspecified atom stereocenters. The van der Waals surface area contributed by atoms with Crippen molar-refractivity contribution in [2.45, 2.75) is 13.5 Å². The highest BCUT2D eigenvalue weighted by Gasteiger charge is 2.13. The second kappa shape index (κ2) is 5.36. The number of hydrogen-bond donors (Lipinski definition) is 0. The van der Waals surface area contributed by atoms with E-state index in [-0.39, 0.29) is 0 Å². The maximum atomic E-state index is 9.00. The van der Waals surface area contributed by atoms with Crippen LogP contribution >= 0.6 is 23.2 Å². The molecule has 0 aliphatic heterocycles. The molecule has 0 radical (unpaired) electrons. The Morgan fingerprint density at radius 3 is 2.86 bits per heavy atom. The van der Waals surface area contributed by atoms with E-state index in [2.05, 4.69) is 16.2 Å². The zero-order valence-corrected chi connectivity index (χ0v) is 12.7. The highest BCUT2D eigenvalue weighted by Crippen LogP contribution is 2.25. The van der Waals surface area contributed by atoms with E-state index >= 15 is 0 Å². The van der Waals surface area contributed by atoms with Crippen LogP contribution in [0.2, 0.25) is 10.2 Å². The number of nitriles is 1. The Balaban J connectivity index is 2.15. The molecular weight excluding hydrogens is 307 g/mol. The van der Waals surface area contributed by atoms with Crippen LogP contribution in [-0.2, 0) is 6.54 Å². The quantitative estimate of drug-likeness (QED) is 0.719. The van der Waals surface area contributed by atoms with Gasteiger partial charge < -0.3 is 0 Å². The van der Waals surface area contributed by atoms with Crippen molar-refractivity contribution >= 4 is 34.2 Å². The Hall–Kier alpha value is -2.09. The van der Waals surface area contributed by atoms with Crippen molar-refractivity contribution in [3.63, 3.8) is 0 Å². The largest absolute Gasteiger partial charge is 0.257 e. The van der Waals surface area contributed by atoms with Crippen LogP contribution in [-0.4, -0.2) is 14.8 Å². The van der Waals surface area contributed by atoms with Crippen LogP contribution in [0.1, 0.15) is 16.7 Å². The SMILES string of the molecule is Cc1cccc(Cl)c1Cn1nc(Cl)c2ncc(C#N)cc21. The molecule has 0 fully saturated rings. The van der Waals surface area contributed by atoms with Crippen molar-refractivity contribution in [2.24, 2.45) is 0 Å². The molecule has 0 saturated carbocycles. The molecule has 3 rings (SSSR count). The summed E-state index contributed by atoms with van der Waals surface area (Å²) in [5.41, 5.74) is 3.82. The number of nitrogens with zero attached hydrogens (tertiary/aromatic N) is 4. The molecule has 6 heteroatoms. The summed E-state index contributed by atoms with van der Waals surface area (Å²) in [4.78, 5) is 4.19. The zero-order valence-electron chi connectivity index (χ0n) is 11.1. The van der Waals surface area contributed by atoms with Gasteiger partial charge in [-0.2, -0.15) is 10.4 Å². The van der Waals surface area contributed by atoms with E-state index in [1.165, 1.54) is 6.20 Å². The maximum Gasteiger partial charge on any atom is 0.177 e. The van der Waals surface area contributed by atoms with E-state index in [4.69, 9.17) is 28.5 Å². The molecule has 2 heterocycles. The fourth-order valence-corrected chi connectivity index (χ4v) is 2.73. The number of halogens is 2. The molecule has 0 atom stereocenters. The van der Waals surface area contributed by atoms with Gasteiger partial charge in [-0.1, -0.05) is 35.3 Å². The minimum atomic E-state index is 0.319. The minimum absolute atomic E-state index is 0.319. The average molecular weight is 317 g/mol. The predicted molar refractivity (Wildman–Crippen MR) is 82.5 cm³/mol. The third kappa shape index (κ3) is 2.46. The van der Waals surface area contributed by atoms with Gasteiger partial charge in [-0.3, -0.25) is 4.68 Å². The number of rotatable bonds is 2. The van der Waals surface area contributed by atoms with Crippen LogP contribution < -0.4 is 0 Å². The van der Waals surface area contributed by atoms with Gasteiger partial charge in [-0.25, -0.2) is 4.98 Å². The zero-order chi connectivity index (χ0) is 15.0. The second-order valence-electron chi connectivity index (χ2n) is 4.69. The van der Waals surface area contributed by atoms with Crippen LogP contribution in [0.15, 0.2) is 30.5 Å². The Bertz CT molecular complexity index is 857. The van der Waals surface area contributed by atoms with Gasteiger partial charge in [0.25, 0.3) is 0 Å². The number of aryl methyl sites for hydroxylation is 1. The Morgan fingerprint density at radius 1 is 1.33 bits per heavy atom. The first kappa shape index (κ1) is 13.9. The van der Waals surface area contributed by atoms with Gasteiger partial charge >= 0.3 is 0 Å². The third-order valence-electron chi connectivity index (χ3n) is 3.34. The molecule has 3 aromatic rings. The molecule has 0 N–H and O–H groups in total. The molecule has 0 bridgehead atoms. The summed E-state index contributed by atoms with van der Waals surface area (Å²) < 4.78 is 1.72. The van der Waals surface area contributed by atoms with Crippen LogP contribution in [0.5, 0.6) is 0 Å². The van der Waals surface area contributed by atoms with Crippen molar-refractivity contribution in [1.82, 2.24) is 14.8 Å². The van der Waals surface area contributed by atoms with Crippen molar-refractivity contribution < 1.29 is 0 Å². The van der Waals surface area contributed by atoms with E-state index in [0.717, 1.165) is 16.6 Å². The van der Waals surface area contributed by atoms with Gasteiger partial charge in [-0.05, 0) is 30.2 Å². The van der Waals surface area contributed by atoms with E-state index in [1.54, 1.807) is 10.7 Å². The number of pyridine rings is 1. The lowest BCUT2D eigenvalue weighted by Crippen LogP contribution is -2.04. The monoisotopic (exact) mass is 316 g/mol. The summed E-state index contributed by atoms with van der Waals surface area (Å²) in [6.07, 6.45) is 1.49. The van der Waals surface area contributed by atoms with Crippen molar-refractivity contribution in [1.29, 1.82) is 5.26 Å². The molecule has 2 aromatic heterocycles. The molecule has 21 heavy (non-hydrogen) atoms. The van der Waals surface area contributed by atoms with E-state index in [1.807, 2.05) is 25.1 Å². The lowest BCUT2D eigenvalue weighted by Gasteiger charge is -2.09. The van der Waals surface area contributed by atoms with Crippen LogP contribution in [0.4, 0.5) is 0 Å². The molecule has 0 amide bonds. The van der Waals surface area contributed by atoms with Gasteiger partial charge in [0.15, 0.2) is 5.15 Å². The van der Waals surface area contributed by atoms with Crippen LogP contribution in [0.3, 0.4) is 0 Å². The van der Waals surface area contributed by atoms with Gasteiger partial charge in [0, 0.05) is 11.2 Å². The standard InChI is InChI=1S/C15H10Cl2N4/c1-9-3-2-4-12(16)11(9)8-21-13-5-10(6-18)7-19-14(13)15(17)20-21/h2-5,7H,8H2,1H3. The molecule has 104 valence electrons. The molecule has 1 aromatic carbocycles. The Kier molecular flexibility index (Phi) is 3.54. The smallest absolute Gasteiger partial charge is 0.177 e. The van der Waals surface area contributed by atoms with Crippen molar-refractivity contribution in [3.8, 4) is 6.07 Å². The van der Waals surface area contributed by atoms with E-state index in [9.17, 15) is 0 Å². The highest BCUT2D eigenvalue weighted by atomic mass is 35.5. The van der Waals surface area contributed by atoms with Crippen molar-refractivity contribution in [3.05, 3.63) is 57.3 Å². The van der Waals surface area contributed by atoms with E-state index < -0.39 is 0 Å². The summed E-state index contributed by atoms with van der Waals surface area (Å²) in [5.74, 6) is 0. The summed E-state index contributed by atoms with van der Waals surface area (Å²) >= 11 is 12.4. The van der Waals surface area contributed by atoms with Gasteiger partial charge in [0.1, 0.15) is 11.6 Å². The summed E-state index contributed by atoms with van der Waals surface area (Å²) in [6.45, 7) is 2.47. The number of benzene rings is 1. The molecular formula is C15H10Cl2N4. The van der Waals surface area contributed by atoms with Gasteiger partial charge in [0.05, 0.1) is 17.6 Å². The average Bonchev–Trinajstić information content (AvgIpc) is 2.79. The molecule has 4 nitrogen and oxygen atoms in total. The summed E-state index contributed by atoms with van der Waals surface area (Å²) in [6, 6.07) is 9.54. The lowest BCUT2D eigenvalue weighted by molar-refractivity contribution is 0.709. The first-order chi connectivity index (χ1) is 10.1. The van der Waals surface area contributed by atoms with Crippen LogP contribution in [0.25, 0.3) is 11.0 Å². The minimum Gasteiger partial charge on any atom is -0.257 e. The highest BCUT2D eigenvalue weighted by molar-refractivity contribution is 6.33. The fraction of sp³-hybridized carbons (Fsp3) is 0.133. The molecule has 0 aliphatic rings. The number of hydrogen-bond acceptors (Lipinski definition) is 3. The predicted octanol–water partition coefficient (Wildman–Crippen LogP) is 3.97. The third-order valence-corrected chi connectivity index (χ3v) is 3.95. The fourth-order valence-electron chi connectivity index (χ4n) is 2.21. The normalized spacial score (nSPS) is 10.8. The van der Waals surface area contributed by atoms with Gasteiger partial charge in [-0.15, -0.1) is 0 Å². The molecule has 0 aliphatic carbocycles. The van der Waals surface area contributed by atoms with Gasteiger partial charge in [0.2, 0.25) is 0 Å².